The van der Waals surface area contributed by atoms with Crippen LogP contribution in [-0.2, 0) is 9.53 Å². The van der Waals surface area contributed by atoms with Gasteiger partial charge in [-0.25, -0.2) is 0 Å². The number of esters is 1. The number of rotatable bonds is 7. The maximum absolute atomic E-state index is 13.5. The average Bonchev–Trinajstić information content (AvgIpc) is 2.74. The molecule has 0 N–H and O–H groups in total. The van der Waals surface area contributed by atoms with Crippen molar-refractivity contribution < 1.29 is 19.0 Å². The summed E-state index contributed by atoms with van der Waals surface area (Å²) in [5, 5.41) is 0. The highest BCUT2D eigenvalue weighted by Gasteiger charge is 2.35. The molecule has 4 nitrogen and oxygen atoms in total. The zero-order chi connectivity index (χ0) is 21.7. The van der Waals surface area contributed by atoms with Crippen LogP contribution in [0.25, 0.3) is 0 Å². The van der Waals surface area contributed by atoms with Gasteiger partial charge >= 0.3 is 5.97 Å². The molecule has 3 atom stereocenters. The molecule has 30 heavy (non-hydrogen) atoms. The third-order valence-electron chi connectivity index (χ3n) is 6.36. The summed E-state index contributed by atoms with van der Waals surface area (Å²) in [6, 6.07) is 15.3. The Kier molecular flexibility index (Phi) is 7.41. The number of hydrogen-bond acceptors (Lipinski definition) is 4. The van der Waals surface area contributed by atoms with Gasteiger partial charge in [0.1, 0.15) is 23.5 Å². The fourth-order valence-corrected chi connectivity index (χ4v) is 4.52. The molecular weight excluding hydrogens is 376 g/mol. The summed E-state index contributed by atoms with van der Waals surface area (Å²) in [6.07, 6.45) is 3.23. The number of carbonyl (C=O) groups excluding carboxylic acids is 1. The van der Waals surface area contributed by atoms with Gasteiger partial charge in [-0.3, -0.25) is 4.79 Å². The molecule has 1 aliphatic rings. The molecule has 2 aromatic carbocycles. The van der Waals surface area contributed by atoms with E-state index in [2.05, 4.69) is 20.8 Å². The summed E-state index contributed by atoms with van der Waals surface area (Å²) in [5.41, 5.74) is 1.80. The second-order valence-electron chi connectivity index (χ2n) is 8.78. The molecule has 0 spiro atoms. The normalized spacial score (nSPS) is 21.5. The molecule has 1 aliphatic carbocycles. The lowest BCUT2D eigenvalue weighted by atomic mass is 9.75. The number of methoxy groups -OCH3 is 2. The van der Waals surface area contributed by atoms with E-state index in [4.69, 9.17) is 14.2 Å². The molecule has 0 bridgehead atoms. The summed E-state index contributed by atoms with van der Waals surface area (Å²) in [6.45, 7) is 6.71. The minimum atomic E-state index is -0.480. The van der Waals surface area contributed by atoms with Crippen LogP contribution in [-0.4, -0.2) is 26.3 Å². The van der Waals surface area contributed by atoms with Crippen molar-refractivity contribution in [2.24, 2.45) is 17.8 Å². The van der Waals surface area contributed by atoms with E-state index in [1.165, 1.54) is 6.42 Å². The Morgan fingerprint density at radius 3 is 1.80 bits per heavy atom. The van der Waals surface area contributed by atoms with Crippen LogP contribution in [0, 0.1) is 17.8 Å². The van der Waals surface area contributed by atoms with Crippen molar-refractivity contribution in [3.05, 3.63) is 59.7 Å². The third kappa shape index (κ3) is 5.16. The van der Waals surface area contributed by atoms with Gasteiger partial charge in [0.15, 0.2) is 0 Å². The molecule has 0 amide bonds. The Morgan fingerprint density at radius 1 is 0.867 bits per heavy atom. The molecule has 4 heteroatoms. The first-order valence-corrected chi connectivity index (χ1v) is 10.9. The van der Waals surface area contributed by atoms with Gasteiger partial charge < -0.3 is 14.2 Å². The summed E-state index contributed by atoms with van der Waals surface area (Å²) in [5.74, 6) is 2.36. The largest absolute Gasteiger partial charge is 0.497 e. The second kappa shape index (κ2) is 10.0. The lowest BCUT2D eigenvalue weighted by Crippen LogP contribution is -2.37. The van der Waals surface area contributed by atoms with Crippen molar-refractivity contribution in [2.45, 2.75) is 52.1 Å². The van der Waals surface area contributed by atoms with Crippen molar-refractivity contribution in [1.29, 1.82) is 0 Å². The molecule has 1 saturated carbocycles. The van der Waals surface area contributed by atoms with Crippen LogP contribution in [0.15, 0.2) is 48.5 Å². The minimum Gasteiger partial charge on any atom is -0.497 e. The average molecular weight is 411 g/mol. The van der Waals surface area contributed by atoms with Gasteiger partial charge in [0.05, 0.1) is 14.2 Å². The molecule has 0 unspecified atom stereocenters. The van der Waals surface area contributed by atoms with Crippen LogP contribution in [0.3, 0.4) is 0 Å². The monoisotopic (exact) mass is 410 g/mol. The van der Waals surface area contributed by atoms with Gasteiger partial charge in [-0.05, 0) is 66.0 Å². The SMILES string of the molecule is COc1ccc(C(C(=O)O[C@@H]2C[C@@H](C)CC[C@@H]2C(C)C)c2ccc(OC)cc2)cc1. The summed E-state index contributed by atoms with van der Waals surface area (Å²) in [4.78, 5) is 13.5. The molecule has 0 saturated heterocycles. The first kappa shape index (κ1) is 22.2. The maximum atomic E-state index is 13.5. The topological polar surface area (TPSA) is 44.8 Å². The van der Waals surface area contributed by atoms with Crippen molar-refractivity contribution >= 4 is 5.97 Å². The van der Waals surface area contributed by atoms with Gasteiger partial charge in [-0.2, -0.15) is 0 Å². The fraction of sp³-hybridized carbons (Fsp3) is 0.500. The van der Waals surface area contributed by atoms with E-state index in [9.17, 15) is 4.79 Å². The molecule has 0 aliphatic heterocycles. The fourth-order valence-electron chi connectivity index (χ4n) is 4.52. The molecule has 3 rings (SSSR count). The molecule has 2 aromatic rings. The van der Waals surface area contributed by atoms with E-state index in [-0.39, 0.29) is 12.1 Å². The van der Waals surface area contributed by atoms with Gasteiger partial charge in [0.2, 0.25) is 0 Å². The highest BCUT2D eigenvalue weighted by molar-refractivity contribution is 5.82. The molecule has 1 fully saturated rings. The van der Waals surface area contributed by atoms with Crippen LogP contribution < -0.4 is 9.47 Å². The minimum absolute atomic E-state index is 0.0275. The number of hydrogen-bond donors (Lipinski definition) is 0. The molecular formula is C26H34O4. The quantitative estimate of drug-likeness (QED) is 0.538. The van der Waals surface area contributed by atoms with Gasteiger partial charge in [-0.1, -0.05) is 51.5 Å². The summed E-state index contributed by atoms with van der Waals surface area (Å²) < 4.78 is 16.8. The standard InChI is InChI=1S/C26H34O4/c1-17(2)23-15-6-18(3)16-24(23)30-26(27)25(19-7-11-21(28-4)12-8-19)20-9-13-22(29-5)14-10-20/h7-14,17-18,23-25H,6,15-16H2,1-5H3/t18-,23+,24+/m0/s1. The second-order valence-corrected chi connectivity index (χ2v) is 8.78. The van der Waals surface area contributed by atoms with E-state index in [1.807, 2.05) is 48.5 Å². The van der Waals surface area contributed by atoms with Crippen LogP contribution in [0.1, 0.15) is 57.1 Å². The lowest BCUT2D eigenvalue weighted by molar-refractivity contribution is -0.156. The first-order valence-electron chi connectivity index (χ1n) is 10.9. The van der Waals surface area contributed by atoms with Crippen LogP contribution >= 0.6 is 0 Å². The predicted octanol–water partition coefficient (Wildman–Crippen LogP) is 5.84. The Morgan fingerprint density at radius 2 is 1.37 bits per heavy atom. The summed E-state index contributed by atoms with van der Waals surface area (Å²) >= 11 is 0. The lowest BCUT2D eigenvalue weighted by Gasteiger charge is -2.37. The Bertz CT molecular complexity index is 762. The number of benzene rings is 2. The van der Waals surface area contributed by atoms with E-state index < -0.39 is 5.92 Å². The number of carbonyl (C=O) groups is 1. The highest BCUT2D eigenvalue weighted by atomic mass is 16.5. The van der Waals surface area contributed by atoms with E-state index in [0.29, 0.717) is 17.8 Å². The summed E-state index contributed by atoms with van der Waals surface area (Å²) in [7, 11) is 3.28. The molecule has 0 aromatic heterocycles. The first-order chi connectivity index (χ1) is 14.4. The smallest absolute Gasteiger partial charge is 0.318 e. The van der Waals surface area contributed by atoms with Gasteiger partial charge in [-0.15, -0.1) is 0 Å². The molecule has 162 valence electrons. The third-order valence-corrected chi connectivity index (χ3v) is 6.36. The van der Waals surface area contributed by atoms with E-state index in [1.54, 1.807) is 14.2 Å². The zero-order valence-electron chi connectivity index (χ0n) is 18.8. The van der Waals surface area contributed by atoms with Crippen LogP contribution in [0.2, 0.25) is 0 Å². The van der Waals surface area contributed by atoms with Crippen molar-refractivity contribution in [2.75, 3.05) is 14.2 Å². The van der Waals surface area contributed by atoms with Gasteiger partial charge in [0, 0.05) is 0 Å². The maximum Gasteiger partial charge on any atom is 0.318 e. The van der Waals surface area contributed by atoms with Crippen molar-refractivity contribution in [3.8, 4) is 11.5 Å². The van der Waals surface area contributed by atoms with Gasteiger partial charge in [0.25, 0.3) is 0 Å². The van der Waals surface area contributed by atoms with Crippen molar-refractivity contribution in [1.82, 2.24) is 0 Å². The zero-order valence-corrected chi connectivity index (χ0v) is 18.8. The number of ether oxygens (including phenoxy) is 3. The molecule has 0 radical (unpaired) electrons. The van der Waals surface area contributed by atoms with Crippen molar-refractivity contribution in [3.63, 3.8) is 0 Å². The highest BCUT2D eigenvalue weighted by Crippen LogP contribution is 2.37. The Balaban J connectivity index is 1.90. The van der Waals surface area contributed by atoms with Crippen LogP contribution in [0.4, 0.5) is 0 Å². The molecule has 0 heterocycles. The van der Waals surface area contributed by atoms with E-state index in [0.717, 1.165) is 35.5 Å². The predicted molar refractivity (Wildman–Crippen MR) is 119 cm³/mol. The Labute approximate surface area is 180 Å². The van der Waals surface area contributed by atoms with E-state index >= 15 is 0 Å². The van der Waals surface area contributed by atoms with Crippen LogP contribution in [0.5, 0.6) is 11.5 Å². The Hall–Kier alpha value is -2.49.